The second kappa shape index (κ2) is 16.7. The third-order valence-corrected chi connectivity index (χ3v) is 13.6. The first-order valence-corrected chi connectivity index (χ1v) is 21.1. The van der Waals surface area contributed by atoms with E-state index in [-0.39, 0.29) is 23.0 Å². The maximum Gasteiger partial charge on any atom is 0.263 e. The molecule has 2 bridgehead atoms. The number of benzene rings is 2. The largest absolute Gasteiger partial charge is 0.491 e. The molecule has 2 fully saturated rings. The molecule has 0 spiro atoms. The number of carbonyl (C=O) groups excluding carboxylic acids is 1. The zero-order valence-corrected chi connectivity index (χ0v) is 33.4. The van der Waals surface area contributed by atoms with Crippen molar-refractivity contribution in [3.8, 4) is 5.75 Å². The van der Waals surface area contributed by atoms with Gasteiger partial charge >= 0.3 is 0 Å². The summed E-state index contributed by atoms with van der Waals surface area (Å²) in [4.78, 5) is 21.4. The molecule has 2 aromatic carbocycles. The van der Waals surface area contributed by atoms with Crippen molar-refractivity contribution in [1.82, 2.24) is 14.5 Å². The van der Waals surface area contributed by atoms with E-state index in [9.17, 15) is 9.00 Å². The van der Waals surface area contributed by atoms with Gasteiger partial charge < -0.3 is 19.4 Å². The Kier molecular flexibility index (Phi) is 12.6. The first-order valence-electron chi connectivity index (χ1n) is 19.5. The SMILES string of the molecule is CCCc1cc(Cl)ccc1C1COc2ccc3cc2N(C1)CC1CCC1C(CN1CCN(CC(C)(C)C)CC1)/C=C/CC(C)C(C)S(=O)NC3=O. The lowest BCUT2D eigenvalue weighted by Gasteiger charge is -2.46. The molecular formula is C42H61ClN4O3S. The molecule has 3 heterocycles. The number of hydrogen-bond donors (Lipinski definition) is 1. The fourth-order valence-electron chi connectivity index (χ4n) is 8.67. The minimum Gasteiger partial charge on any atom is -0.491 e. The fraction of sp³-hybridized carbons (Fsp3) is 0.643. The number of nitrogens with zero attached hydrogens (tertiary/aromatic N) is 3. The van der Waals surface area contributed by atoms with E-state index in [1.807, 2.05) is 31.2 Å². The molecule has 7 unspecified atom stereocenters. The smallest absolute Gasteiger partial charge is 0.263 e. The number of rotatable bonds is 6. The highest BCUT2D eigenvalue weighted by molar-refractivity contribution is 7.84. The van der Waals surface area contributed by atoms with E-state index in [2.05, 4.69) is 78.3 Å². The average molecular weight is 737 g/mol. The van der Waals surface area contributed by atoms with Gasteiger partial charge in [-0.25, -0.2) is 4.21 Å². The Labute approximate surface area is 315 Å². The molecular weight excluding hydrogens is 676 g/mol. The van der Waals surface area contributed by atoms with Crippen molar-refractivity contribution < 1.29 is 13.7 Å². The van der Waals surface area contributed by atoms with Gasteiger partial charge in [0.1, 0.15) is 16.7 Å². The Balaban J connectivity index is 1.30. The van der Waals surface area contributed by atoms with Gasteiger partial charge in [0.2, 0.25) is 0 Å². The predicted octanol–water partition coefficient (Wildman–Crippen LogP) is 7.96. The Bertz CT molecular complexity index is 1570. The van der Waals surface area contributed by atoms with Crippen molar-refractivity contribution in [2.24, 2.45) is 29.1 Å². The minimum atomic E-state index is -1.50. The summed E-state index contributed by atoms with van der Waals surface area (Å²) in [5.41, 5.74) is 4.39. The Morgan fingerprint density at radius 3 is 2.47 bits per heavy atom. The summed E-state index contributed by atoms with van der Waals surface area (Å²) in [5, 5.41) is 0.601. The van der Waals surface area contributed by atoms with Crippen LogP contribution < -0.4 is 14.4 Å². The molecule has 51 heavy (non-hydrogen) atoms. The van der Waals surface area contributed by atoms with Gasteiger partial charge in [-0.1, -0.05) is 70.9 Å². The molecule has 1 amide bonds. The van der Waals surface area contributed by atoms with Crippen molar-refractivity contribution in [2.45, 2.75) is 84.8 Å². The maximum atomic E-state index is 13.5. The molecule has 280 valence electrons. The van der Waals surface area contributed by atoms with Gasteiger partial charge in [0.05, 0.1) is 17.5 Å². The van der Waals surface area contributed by atoms with E-state index in [1.165, 1.54) is 24.0 Å². The lowest BCUT2D eigenvalue weighted by atomic mass is 9.66. The summed E-state index contributed by atoms with van der Waals surface area (Å²) >= 11 is 6.50. The summed E-state index contributed by atoms with van der Waals surface area (Å²) in [6.07, 6.45) is 10.2. The highest BCUT2D eigenvalue weighted by Crippen LogP contribution is 2.45. The third-order valence-electron chi connectivity index (χ3n) is 11.8. The molecule has 3 aliphatic heterocycles. The molecule has 4 aliphatic rings. The van der Waals surface area contributed by atoms with Gasteiger partial charge in [0.25, 0.3) is 5.91 Å². The van der Waals surface area contributed by atoms with Crippen LogP contribution in [0.15, 0.2) is 48.6 Å². The van der Waals surface area contributed by atoms with E-state index in [4.69, 9.17) is 16.3 Å². The van der Waals surface area contributed by atoms with Crippen LogP contribution in [-0.2, 0) is 17.4 Å². The van der Waals surface area contributed by atoms with Crippen molar-refractivity contribution >= 4 is 34.2 Å². The molecule has 7 nitrogen and oxygen atoms in total. The van der Waals surface area contributed by atoms with E-state index >= 15 is 0 Å². The number of hydrogen-bond acceptors (Lipinski definition) is 6. The van der Waals surface area contributed by atoms with Crippen LogP contribution in [0.1, 0.15) is 94.6 Å². The highest BCUT2D eigenvalue weighted by atomic mass is 35.5. The Morgan fingerprint density at radius 2 is 1.76 bits per heavy atom. The lowest BCUT2D eigenvalue weighted by Crippen LogP contribution is -2.51. The van der Waals surface area contributed by atoms with Crippen LogP contribution in [0.25, 0.3) is 0 Å². The quantitative estimate of drug-likeness (QED) is 0.304. The summed E-state index contributed by atoms with van der Waals surface area (Å²) in [6, 6.07) is 12.1. The molecule has 1 saturated heterocycles. The Hall–Kier alpha value is -2.39. The number of allylic oxidation sites excluding steroid dienone is 1. The minimum absolute atomic E-state index is 0.160. The zero-order chi connectivity index (χ0) is 36.3. The van der Waals surface area contributed by atoms with Gasteiger partial charge in [0, 0.05) is 68.9 Å². The molecule has 1 saturated carbocycles. The first-order chi connectivity index (χ1) is 24.4. The molecule has 1 aliphatic carbocycles. The van der Waals surface area contributed by atoms with Crippen LogP contribution in [-0.4, -0.2) is 84.1 Å². The topological polar surface area (TPSA) is 65.1 Å². The summed E-state index contributed by atoms with van der Waals surface area (Å²) in [5.74, 6) is 2.45. The van der Waals surface area contributed by atoms with Crippen molar-refractivity contribution in [1.29, 1.82) is 0 Å². The lowest BCUT2D eigenvalue weighted by molar-refractivity contribution is 0.0639. The molecule has 9 heteroatoms. The number of carbonyl (C=O) groups is 1. The van der Waals surface area contributed by atoms with Gasteiger partial charge in [-0.05, 0) is 103 Å². The van der Waals surface area contributed by atoms with Crippen LogP contribution in [0, 0.1) is 29.1 Å². The number of amides is 1. The van der Waals surface area contributed by atoms with Crippen molar-refractivity contribution in [3.05, 3.63) is 70.3 Å². The zero-order valence-electron chi connectivity index (χ0n) is 31.8. The third kappa shape index (κ3) is 9.59. The number of aryl methyl sites for hydroxylation is 1. The van der Waals surface area contributed by atoms with Crippen LogP contribution in [0.2, 0.25) is 5.02 Å². The van der Waals surface area contributed by atoms with E-state index in [1.54, 1.807) is 0 Å². The molecule has 0 aromatic heterocycles. The average Bonchev–Trinajstić information content (AvgIpc) is 3.25. The van der Waals surface area contributed by atoms with Gasteiger partial charge in [0.15, 0.2) is 0 Å². The molecule has 0 radical (unpaired) electrons. The van der Waals surface area contributed by atoms with Crippen LogP contribution in [0.5, 0.6) is 5.75 Å². The summed E-state index contributed by atoms with van der Waals surface area (Å²) in [6.45, 7) is 22.4. The molecule has 7 atom stereocenters. The summed E-state index contributed by atoms with van der Waals surface area (Å²) < 4.78 is 22.8. The van der Waals surface area contributed by atoms with Crippen LogP contribution in [0.4, 0.5) is 5.69 Å². The number of fused-ring (bicyclic) bond motifs is 2. The van der Waals surface area contributed by atoms with E-state index in [0.717, 1.165) is 88.1 Å². The fourth-order valence-corrected chi connectivity index (χ4v) is 9.89. The Morgan fingerprint density at radius 1 is 1.00 bits per heavy atom. The predicted molar refractivity (Wildman–Crippen MR) is 212 cm³/mol. The van der Waals surface area contributed by atoms with Crippen LogP contribution >= 0.6 is 11.6 Å². The number of halogens is 1. The van der Waals surface area contributed by atoms with E-state index < -0.39 is 11.0 Å². The molecule has 6 rings (SSSR count). The van der Waals surface area contributed by atoms with Gasteiger partial charge in [-0.2, -0.15) is 0 Å². The van der Waals surface area contributed by atoms with Gasteiger partial charge in [-0.15, -0.1) is 0 Å². The normalized spacial score (nSPS) is 30.4. The molecule has 2 aromatic rings. The molecule has 1 N–H and O–H groups in total. The van der Waals surface area contributed by atoms with Crippen molar-refractivity contribution in [3.63, 3.8) is 0 Å². The second-order valence-electron chi connectivity index (χ2n) is 17.1. The number of anilines is 1. The van der Waals surface area contributed by atoms with Crippen molar-refractivity contribution in [2.75, 3.05) is 63.9 Å². The summed E-state index contributed by atoms with van der Waals surface area (Å²) in [7, 11) is -1.50. The number of piperazine rings is 1. The second-order valence-corrected chi connectivity index (χ2v) is 19.0. The van der Waals surface area contributed by atoms with Crippen LogP contribution in [0.3, 0.4) is 0 Å². The number of ether oxygens (including phenoxy) is 1. The number of nitrogens with one attached hydrogen (secondary N) is 1. The standard InChI is InChI=1S/C42H61ClN4O3S/c1-7-9-31-22-36(43)14-16-37(31)35-26-47-25-34-12-15-38(34)33(24-45-18-20-46(21-19-45)28-42(4,5)6)11-8-10-29(2)30(3)51(49)44-41(48)32-13-17-40(50-27-35)39(47)23-32/h8,11,13-14,16-17,22-23,29-30,33-35,38H,7,9-10,12,15,18-21,24-28H2,1-6H3,(H,44,48)/b11-8+. The first kappa shape index (κ1) is 38.3. The van der Waals surface area contributed by atoms with E-state index in [0.29, 0.717) is 35.3 Å². The highest BCUT2D eigenvalue weighted by Gasteiger charge is 2.39. The monoisotopic (exact) mass is 736 g/mol. The maximum absolute atomic E-state index is 13.5. The van der Waals surface area contributed by atoms with Gasteiger partial charge in [-0.3, -0.25) is 9.52 Å².